The van der Waals surface area contributed by atoms with Crippen LogP contribution in [0.5, 0.6) is 11.5 Å². The summed E-state index contributed by atoms with van der Waals surface area (Å²) in [6, 6.07) is 6.40. The number of methoxy groups -OCH3 is 2. The van der Waals surface area contributed by atoms with Crippen molar-refractivity contribution in [2.24, 2.45) is 0 Å². The Labute approximate surface area is 150 Å². The van der Waals surface area contributed by atoms with Gasteiger partial charge < -0.3 is 19.3 Å². The fourth-order valence-electron chi connectivity index (χ4n) is 4.17. The molecule has 5 heteroatoms. The van der Waals surface area contributed by atoms with Crippen molar-refractivity contribution in [3.05, 3.63) is 23.8 Å². The van der Waals surface area contributed by atoms with Gasteiger partial charge in [0.2, 0.25) is 0 Å². The van der Waals surface area contributed by atoms with Crippen molar-refractivity contribution in [1.82, 2.24) is 4.90 Å². The van der Waals surface area contributed by atoms with Gasteiger partial charge in [0.05, 0.1) is 26.9 Å². The van der Waals surface area contributed by atoms with E-state index in [2.05, 4.69) is 11.0 Å². The van der Waals surface area contributed by atoms with Crippen molar-refractivity contribution in [2.45, 2.75) is 63.3 Å². The number of rotatable bonds is 7. The molecule has 3 rings (SSSR count). The lowest BCUT2D eigenvalue weighted by molar-refractivity contribution is -0.0775. The number of likely N-dealkylation sites (tertiary alicyclic amines) is 1. The molecule has 0 radical (unpaired) electrons. The van der Waals surface area contributed by atoms with Crippen LogP contribution in [0.15, 0.2) is 18.2 Å². The topological polar surface area (TPSA) is 51.2 Å². The summed E-state index contributed by atoms with van der Waals surface area (Å²) in [5, 5.41) is 10.2. The number of aliphatic hydroxyl groups excluding tert-OH is 1. The van der Waals surface area contributed by atoms with Crippen molar-refractivity contribution in [3.8, 4) is 11.5 Å². The van der Waals surface area contributed by atoms with Gasteiger partial charge in [0, 0.05) is 12.6 Å². The van der Waals surface area contributed by atoms with Gasteiger partial charge in [-0.15, -0.1) is 0 Å². The van der Waals surface area contributed by atoms with Crippen LogP contribution in [0.4, 0.5) is 0 Å². The molecule has 140 valence electrons. The zero-order valence-electron chi connectivity index (χ0n) is 15.4. The molecule has 25 heavy (non-hydrogen) atoms. The Kier molecular flexibility index (Phi) is 6.57. The second-order valence-electron chi connectivity index (χ2n) is 7.06. The third kappa shape index (κ3) is 4.46. The largest absolute Gasteiger partial charge is 0.493 e. The molecule has 2 aliphatic rings. The molecule has 1 saturated heterocycles. The normalized spacial score (nSPS) is 27.4. The number of aliphatic hydroxyl groups is 1. The van der Waals surface area contributed by atoms with E-state index in [0.29, 0.717) is 12.6 Å². The third-order valence-electron chi connectivity index (χ3n) is 5.53. The van der Waals surface area contributed by atoms with E-state index in [4.69, 9.17) is 14.2 Å². The van der Waals surface area contributed by atoms with Gasteiger partial charge in [-0.25, -0.2) is 0 Å². The fraction of sp³-hybridized carbons (Fsp3) is 0.700. The first-order valence-electron chi connectivity index (χ1n) is 9.49. The van der Waals surface area contributed by atoms with Crippen LogP contribution in [0, 0.1) is 0 Å². The lowest BCUT2D eigenvalue weighted by atomic mass is 9.91. The van der Waals surface area contributed by atoms with E-state index in [1.54, 1.807) is 14.2 Å². The number of hydrogen-bond donors (Lipinski definition) is 1. The highest BCUT2D eigenvalue weighted by Crippen LogP contribution is 2.31. The third-order valence-corrected chi connectivity index (χ3v) is 5.53. The second kappa shape index (κ2) is 8.88. The van der Waals surface area contributed by atoms with Crippen molar-refractivity contribution >= 4 is 0 Å². The molecule has 5 nitrogen and oxygen atoms in total. The van der Waals surface area contributed by atoms with Gasteiger partial charge in [-0.05, 0) is 49.8 Å². The Morgan fingerprint density at radius 3 is 2.56 bits per heavy atom. The summed E-state index contributed by atoms with van der Waals surface area (Å²) in [7, 11) is 3.31. The predicted molar refractivity (Wildman–Crippen MR) is 97.2 cm³/mol. The summed E-state index contributed by atoms with van der Waals surface area (Å²) in [5.74, 6) is 1.51. The molecule has 1 aromatic carbocycles. The highest BCUT2D eigenvalue weighted by molar-refractivity contribution is 5.42. The van der Waals surface area contributed by atoms with Crippen molar-refractivity contribution in [3.63, 3.8) is 0 Å². The zero-order chi connectivity index (χ0) is 17.6. The average molecular weight is 349 g/mol. The first-order chi connectivity index (χ1) is 12.2. The molecular weight excluding hydrogens is 318 g/mol. The minimum Gasteiger partial charge on any atom is -0.493 e. The van der Waals surface area contributed by atoms with E-state index in [1.807, 2.05) is 12.1 Å². The molecular formula is C20H31NO4. The van der Waals surface area contributed by atoms with E-state index in [1.165, 1.54) is 18.4 Å². The number of ether oxygens (including phenoxy) is 3. The van der Waals surface area contributed by atoms with E-state index in [-0.39, 0.29) is 12.3 Å². The fourth-order valence-corrected chi connectivity index (χ4v) is 4.17. The quantitative estimate of drug-likeness (QED) is 0.820. The van der Waals surface area contributed by atoms with E-state index >= 15 is 0 Å². The summed E-state index contributed by atoms with van der Waals surface area (Å²) < 4.78 is 16.9. The van der Waals surface area contributed by atoms with E-state index < -0.39 is 0 Å². The highest BCUT2D eigenvalue weighted by Gasteiger charge is 2.36. The van der Waals surface area contributed by atoms with Crippen LogP contribution >= 0.6 is 0 Å². The van der Waals surface area contributed by atoms with Gasteiger partial charge in [0.15, 0.2) is 11.5 Å². The molecule has 0 spiro atoms. The molecule has 0 aromatic heterocycles. The van der Waals surface area contributed by atoms with Crippen molar-refractivity contribution in [1.29, 1.82) is 0 Å². The van der Waals surface area contributed by atoms with Crippen LogP contribution in [0.25, 0.3) is 0 Å². The molecule has 1 aliphatic carbocycles. The van der Waals surface area contributed by atoms with Gasteiger partial charge in [-0.2, -0.15) is 0 Å². The van der Waals surface area contributed by atoms with Crippen LogP contribution in [-0.4, -0.2) is 55.8 Å². The molecule has 0 bridgehead atoms. The Morgan fingerprint density at radius 2 is 1.84 bits per heavy atom. The first kappa shape index (κ1) is 18.5. The summed E-state index contributed by atoms with van der Waals surface area (Å²) >= 11 is 0. The summed E-state index contributed by atoms with van der Waals surface area (Å²) in [6.07, 6.45) is 7.50. The number of benzene rings is 1. The van der Waals surface area contributed by atoms with Crippen LogP contribution in [0.3, 0.4) is 0 Å². The Balaban J connectivity index is 1.55. The lowest BCUT2D eigenvalue weighted by Gasteiger charge is -2.39. The summed E-state index contributed by atoms with van der Waals surface area (Å²) in [6.45, 7) is 1.70. The Morgan fingerprint density at radius 1 is 1.04 bits per heavy atom. The second-order valence-corrected chi connectivity index (χ2v) is 7.06. The van der Waals surface area contributed by atoms with Gasteiger partial charge in [-0.3, -0.25) is 4.90 Å². The maximum absolute atomic E-state index is 10.2. The molecule has 1 N–H and O–H groups in total. The number of nitrogens with zero attached hydrogens (tertiary/aromatic N) is 1. The van der Waals surface area contributed by atoms with Gasteiger partial charge in [0.1, 0.15) is 6.23 Å². The monoisotopic (exact) mass is 349 g/mol. The molecule has 1 aromatic rings. The SMILES string of the molecule is COc1ccc(CCO[C@@H]2CCCC[C@@H]2N2CCCC2O)cc1OC. The predicted octanol–water partition coefficient (Wildman–Crippen LogP) is 2.99. The average Bonchev–Trinajstić information content (AvgIpc) is 3.07. The standard InChI is InChI=1S/C20H31NO4/c1-23-18-10-9-15(14-19(18)24-2)11-13-25-17-7-4-3-6-16(17)21-12-5-8-20(21)22/h9-10,14,16-17,20,22H,3-8,11-13H2,1-2H3/t16-,17+,20?/m0/s1. The van der Waals surface area contributed by atoms with Gasteiger partial charge in [-0.1, -0.05) is 18.9 Å². The van der Waals surface area contributed by atoms with Crippen LogP contribution < -0.4 is 9.47 Å². The van der Waals surface area contributed by atoms with Gasteiger partial charge in [0.25, 0.3) is 0 Å². The minimum absolute atomic E-state index is 0.238. The first-order valence-corrected chi connectivity index (χ1v) is 9.49. The van der Waals surface area contributed by atoms with Crippen LogP contribution in [0.2, 0.25) is 0 Å². The minimum atomic E-state index is -0.278. The van der Waals surface area contributed by atoms with Crippen LogP contribution in [0.1, 0.15) is 44.1 Å². The highest BCUT2D eigenvalue weighted by atomic mass is 16.5. The molecule has 1 saturated carbocycles. The summed E-state index contributed by atoms with van der Waals surface area (Å²) in [5.41, 5.74) is 1.19. The van der Waals surface area contributed by atoms with Crippen LogP contribution in [-0.2, 0) is 11.2 Å². The Bertz CT molecular complexity index is 550. The van der Waals surface area contributed by atoms with Crippen molar-refractivity contribution < 1.29 is 19.3 Å². The molecule has 0 amide bonds. The summed E-state index contributed by atoms with van der Waals surface area (Å²) in [4.78, 5) is 2.26. The maximum atomic E-state index is 10.2. The molecule has 1 heterocycles. The van der Waals surface area contributed by atoms with E-state index in [0.717, 1.165) is 50.1 Å². The smallest absolute Gasteiger partial charge is 0.160 e. The molecule has 2 fully saturated rings. The molecule has 3 atom stereocenters. The molecule has 1 unspecified atom stereocenters. The Hall–Kier alpha value is -1.30. The number of hydrogen-bond acceptors (Lipinski definition) is 5. The maximum Gasteiger partial charge on any atom is 0.160 e. The van der Waals surface area contributed by atoms with Gasteiger partial charge >= 0.3 is 0 Å². The molecule has 1 aliphatic heterocycles. The van der Waals surface area contributed by atoms with E-state index in [9.17, 15) is 5.11 Å². The zero-order valence-corrected chi connectivity index (χ0v) is 15.4. The lowest BCUT2D eigenvalue weighted by Crippen LogP contribution is -2.48. The van der Waals surface area contributed by atoms with Crippen molar-refractivity contribution in [2.75, 3.05) is 27.4 Å².